The number of aliphatic hydroxyl groups is 1. The zero-order valence-corrected chi connectivity index (χ0v) is 9.41. The predicted octanol–water partition coefficient (Wildman–Crippen LogP) is -0.667. The molecule has 1 rings (SSSR count). The zero-order valence-electron chi connectivity index (χ0n) is 8.60. The molecular weight excluding hydrogens is 232 g/mol. The number of aliphatic hydroxyl groups excluding tert-OH is 1. The Kier molecular flexibility index (Phi) is 4.27. The molecule has 0 bridgehead atoms. The van der Waals surface area contributed by atoms with Crippen LogP contribution in [0, 0.1) is 0 Å². The van der Waals surface area contributed by atoms with Crippen molar-refractivity contribution in [3.63, 3.8) is 0 Å². The fraction of sp³-hybridized carbons (Fsp3) is 0.333. The van der Waals surface area contributed by atoms with Gasteiger partial charge in [0, 0.05) is 11.4 Å². The van der Waals surface area contributed by atoms with E-state index >= 15 is 0 Å². The quantitative estimate of drug-likeness (QED) is 0.639. The van der Waals surface area contributed by atoms with E-state index in [4.69, 9.17) is 15.6 Å². The fourth-order valence-corrected chi connectivity index (χ4v) is 1.69. The SMILES string of the molecule is COc1csc(C(=O)NCC(O)C(N)=O)c1. The minimum atomic E-state index is -1.37. The summed E-state index contributed by atoms with van der Waals surface area (Å²) in [6.45, 7) is -0.200. The van der Waals surface area contributed by atoms with E-state index in [0.717, 1.165) is 0 Å². The van der Waals surface area contributed by atoms with Crippen LogP contribution < -0.4 is 15.8 Å². The molecule has 4 N–H and O–H groups in total. The highest BCUT2D eigenvalue weighted by Gasteiger charge is 2.14. The Labute approximate surface area is 96.0 Å². The number of carbonyl (C=O) groups excluding carboxylic acids is 2. The highest BCUT2D eigenvalue weighted by atomic mass is 32.1. The zero-order chi connectivity index (χ0) is 12.1. The number of ether oxygens (including phenoxy) is 1. The molecule has 1 aromatic heterocycles. The molecule has 1 unspecified atom stereocenters. The number of carbonyl (C=O) groups is 2. The van der Waals surface area contributed by atoms with Gasteiger partial charge in [0.2, 0.25) is 5.91 Å². The predicted molar refractivity (Wildman–Crippen MR) is 58.4 cm³/mol. The molecule has 0 aliphatic heterocycles. The molecule has 6 nitrogen and oxygen atoms in total. The first kappa shape index (κ1) is 12.5. The first-order valence-corrected chi connectivity index (χ1v) is 5.30. The lowest BCUT2D eigenvalue weighted by Gasteiger charge is -2.06. The number of amides is 2. The maximum Gasteiger partial charge on any atom is 0.261 e. The van der Waals surface area contributed by atoms with Crippen LogP contribution in [0.3, 0.4) is 0 Å². The highest BCUT2D eigenvalue weighted by Crippen LogP contribution is 2.20. The number of nitrogens with one attached hydrogen (secondary N) is 1. The van der Waals surface area contributed by atoms with E-state index in [-0.39, 0.29) is 12.5 Å². The van der Waals surface area contributed by atoms with Crippen molar-refractivity contribution in [1.82, 2.24) is 5.32 Å². The summed E-state index contributed by atoms with van der Waals surface area (Å²) in [5.74, 6) is -0.664. The van der Waals surface area contributed by atoms with Gasteiger partial charge in [0.25, 0.3) is 5.91 Å². The summed E-state index contributed by atoms with van der Waals surface area (Å²) >= 11 is 1.21. The number of primary amides is 1. The Morgan fingerprint density at radius 2 is 2.38 bits per heavy atom. The second-order valence-electron chi connectivity index (χ2n) is 2.98. The first-order chi connectivity index (χ1) is 7.54. The fourth-order valence-electron chi connectivity index (χ4n) is 0.922. The van der Waals surface area contributed by atoms with Gasteiger partial charge in [-0.15, -0.1) is 11.3 Å². The van der Waals surface area contributed by atoms with Crippen LogP contribution in [0.15, 0.2) is 11.4 Å². The summed E-state index contributed by atoms with van der Waals surface area (Å²) in [4.78, 5) is 22.4. The van der Waals surface area contributed by atoms with Gasteiger partial charge in [0.15, 0.2) is 0 Å². The van der Waals surface area contributed by atoms with Gasteiger partial charge in [-0.25, -0.2) is 0 Å². The third-order valence-electron chi connectivity index (χ3n) is 1.82. The summed E-state index contributed by atoms with van der Waals surface area (Å²) in [7, 11) is 1.50. The molecule has 1 heterocycles. The molecular formula is C9H12N2O4S. The number of hydrogen-bond donors (Lipinski definition) is 3. The van der Waals surface area contributed by atoms with Crippen molar-refractivity contribution in [2.24, 2.45) is 5.73 Å². The lowest BCUT2D eigenvalue weighted by molar-refractivity contribution is -0.125. The van der Waals surface area contributed by atoms with E-state index in [9.17, 15) is 9.59 Å². The number of rotatable bonds is 5. The third-order valence-corrected chi connectivity index (χ3v) is 2.73. The first-order valence-electron chi connectivity index (χ1n) is 4.42. The van der Waals surface area contributed by atoms with Crippen molar-refractivity contribution < 1.29 is 19.4 Å². The van der Waals surface area contributed by atoms with E-state index < -0.39 is 12.0 Å². The summed E-state index contributed by atoms with van der Waals surface area (Å²) < 4.78 is 4.92. The lowest BCUT2D eigenvalue weighted by atomic mass is 10.3. The van der Waals surface area contributed by atoms with Crippen LogP contribution in [0.25, 0.3) is 0 Å². The van der Waals surface area contributed by atoms with E-state index in [1.807, 2.05) is 0 Å². The Hall–Kier alpha value is -1.60. The average Bonchev–Trinajstić information content (AvgIpc) is 2.73. The van der Waals surface area contributed by atoms with Crippen LogP contribution in [0.1, 0.15) is 9.67 Å². The van der Waals surface area contributed by atoms with Crippen molar-refractivity contribution in [2.75, 3.05) is 13.7 Å². The van der Waals surface area contributed by atoms with Crippen LogP contribution in [-0.4, -0.2) is 36.7 Å². The van der Waals surface area contributed by atoms with Crippen molar-refractivity contribution in [3.05, 3.63) is 16.3 Å². The van der Waals surface area contributed by atoms with E-state index in [0.29, 0.717) is 10.6 Å². The molecule has 16 heavy (non-hydrogen) atoms. The van der Waals surface area contributed by atoms with Gasteiger partial charge in [-0.3, -0.25) is 9.59 Å². The minimum Gasteiger partial charge on any atom is -0.496 e. The second kappa shape index (κ2) is 5.47. The number of methoxy groups -OCH3 is 1. The molecule has 1 aromatic rings. The van der Waals surface area contributed by atoms with Crippen molar-refractivity contribution in [3.8, 4) is 5.75 Å². The Balaban J connectivity index is 2.49. The molecule has 0 spiro atoms. The van der Waals surface area contributed by atoms with Crippen molar-refractivity contribution in [1.29, 1.82) is 0 Å². The van der Waals surface area contributed by atoms with Gasteiger partial charge >= 0.3 is 0 Å². The Morgan fingerprint density at radius 3 is 2.88 bits per heavy atom. The van der Waals surface area contributed by atoms with Gasteiger partial charge in [-0.2, -0.15) is 0 Å². The molecule has 0 radical (unpaired) electrons. The smallest absolute Gasteiger partial charge is 0.261 e. The van der Waals surface area contributed by atoms with E-state index in [1.54, 1.807) is 11.4 Å². The van der Waals surface area contributed by atoms with Gasteiger partial charge in [0.1, 0.15) is 11.9 Å². The molecule has 2 amide bonds. The second-order valence-corrected chi connectivity index (χ2v) is 3.89. The number of thiophene rings is 1. The number of hydrogen-bond acceptors (Lipinski definition) is 5. The van der Waals surface area contributed by atoms with Gasteiger partial charge < -0.3 is 20.9 Å². The van der Waals surface area contributed by atoms with Crippen LogP contribution >= 0.6 is 11.3 Å². The number of nitrogens with two attached hydrogens (primary N) is 1. The third kappa shape index (κ3) is 3.21. The summed E-state index contributed by atoms with van der Waals surface area (Å²) in [6, 6.07) is 1.57. The molecule has 0 aromatic carbocycles. The topological polar surface area (TPSA) is 102 Å². The molecule has 0 aliphatic rings. The van der Waals surface area contributed by atoms with Crippen molar-refractivity contribution >= 4 is 23.2 Å². The molecule has 0 aliphatic carbocycles. The molecule has 0 fully saturated rings. The van der Waals surface area contributed by atoms with E-state index in [2.05, 4.69) is 5.32 Å². The average molecular weight is 244 g/mol. The van der Waals surface area contributed by atoms with Crippen LogP contribution in [0.5, 0.6) is 5.75 Å². The minimum absolute atomic E-state index is 0.200. The van der Waals surface area contributed by atoms with Crippen molar-refractivity contribution in [2.45, 2.75) is 6.10 Å². The van der Waals surface area contributed by atoms with Crippen LogP contribution in [0.4, 0.5) is 0 Å². The Bertz CT molecular complexity index is 391. The molecule has 0 saturated heterocycles. The van der Waals surface area contributed by atoms with Gasteiger partial charge in [-0.1, -0.05) is 0 Å². The van der Waals surface area contributed by atoms with Crippen LogP contribution in [0.2, 0.25) is 0 Å². The molecule has 7 heteroatoms. The summed E-state index contributed by atoms with van der Waals surface area (Å²) in [5.41, 5.74) is 4.83. The monoisotopic (exact) mass is 244 g/mol. The maximum atomic E-state index is 11.5. The van der Waals surface area contributed by atoms with Crippen LogP contribution in [-0.2, 0) is 4.79 Å². The molecule has 88 valence electrons. The Morgan fingerprint density at radius 1 is 1.69 bits per heavy atom. The molecule has 0 saturated carbocycles. The van der Waals surface area contributed by atoms with Gasteiger partial charge in [0.05, 0.1) is 18.5 Å². The molecule has 1 atom stereocenters. The summed E-state index contributed by atoms with van der Waals surface area (Å²) in [6.07, 6.45) is -1.37. The normalized spacial score (nSPS) is 11.9. The van der Waals surface area contributed by atoms with E-state index in [1.165, 1.54) is 18.4 Å². The largest absolute Gasteiger partial charge is 0.496 e. The summed E-state index contributed by atoms with van der Waals surface area (Å²) in [5, 5.41) is 13.1. The standard InChI is InChI=1S/C9H12N2O4S/c1-15-5-2-7(16-4-5)9(14)11-3-6(12)8(10)13/h2,4,6,12H,3H2,1H3,(H2,10,13)(H,11,14). The lowest BCUT2D eigenvalue weighted by Crippen LogP contribution is -2.39. The maximum absolute atomic E-state index is 11.5. The van der Waals surface area contributed by atoms with Gasteiger partial charge in [-0.05, 0) is 0 Å². The highest BCUT2D eigenvalue weighted by molar-refractivity contribution is 7.12.